The molecule has 0 rings (SSSR count). The molecule has 0 heterocycles. The van der Waals surface area contributed by atoms with Crippen molar-refractivity contribution in [1.82, 2.24) is 0 Å². The van der Waals surface area contributed by atoms with Gasteiger partial charge in [0.05, 0.1) is 0 Å². The summed E-state index contributed by atoms with van der Waals surface area (Å²) in [5, 5.41) is 0. The van der Waals surface area contributed by atoms with Crippen molar-refractivity contribution in [2.45, 2.75) is 0 Å². The van der Waals surface area contributed by atoms with Gasteiger partial charge in [0.25, 0.3) is 0 Å². The summed E-state index contributed by atoms with van der Waals surface area (Å²) >= 11 is 2.35. The normalized spacial score (nSPS) is 13.2. The second-order valence-electron chi connectivity index (χ2n) is 0.707. The van der Waals surface area contributed by atoms with E-state index in [2.05, 4.69) is 35.2 Å². The summed E-state index contributed by atoms with van der Waals surface area (Å²) in [5.41, 5.74) is 0.136. The SMILES string of the molecule is C=BP(C)I. The Balaban J connectivity index is 2.83. The summed E-state index contributed by atoms with van der Waals surface area (Å²) in [7, 11) is 0. The van der Waals surface area contributed by atoms with E-state index in [-0.39, 0.29) is 5.44 Å². The Labute approximate surface area is 47.4 Å². The van der Waals surface area contributed by atoms with Crippen LogP contribution in [-0.2, 0) is 0 Å². The van der Waals surface area contributed by atoms with Gasteiger partial charge in [-0.2, -0.15) is 0 Å². The van der Waals surface area contributed by atoms with Gasteiger partial charge in [-0.05, 0) is 0 Å². The van der Waals surface area contributed by atoms with Crippen LogP contribution in [0.4, 0.5) is 0 Å². The predicted molar refractivity (Wildman–Crippen MR) is 39.7 cm³/mol. The van der Waals surface area contributed by atoms with Crippen molar-refractivity contribution >= 4 is 40.6 Å². The molecule has 0 N–H and O–H groups in total. The Morgan fingerprint density at radius 1 is 2.00 bits per heavy atom. The summed E-state index contributed by atoms with van der Waals surface area (Å²) in [6.45, 7) is 7.71. The van der Waals surface area contributed by atoms with Crippen molar-refractivity contribution in [3.05, 3.63) is 0 Å². The first-order valence-electron chi connectivity index (χ1n) is 1.28. The Bertz CT molecular complexity index is 36.6. The molecule has 1 unspecified atom stereocenters. The van der Waals surface area contributed by atoms with Gasteiger partial charge in [-0.1, -0.05) is 0 Å². The summed E-state index contributed by atoms with van der Waals surface area (Å²) in [5.74, 6) is 0. The molecule has 0 radical (unpaired) electrons. The zero-order valence-electron chi connectivity index (χ0n) is 3.11. The molecule has 0 spiro atoms. The quantitative estimate of drug-likeness (QED) is 0.340. The molecule has 0 fully saturated rings. The third-order valence-electron chi connectivity index (χ3n) is 0.252. The van der Waals surface area contributed by atoms with Gasteiger partial charge in [0.15, 0.2) is 0 Å². The zero-order chi connectivity index (χ0) is 4.28. The molecule has 0 aliphatic heterocycles. The fraction of sp³-hybridized carbons (Fsp3) is 0.500. The standard InChI is InChI=1S/C2H5BIP/c1-3-5(2)4/h1H2,2H3. The fourth-order valence-corrected chi connectivity index (χ4v) is 0. The van der Waals surface area contributed by atoms with E-state index in [9.17, 15) is 0 Å². The van der Waals surface area contributed by atoms with E-state index < -0.39 is 0 Å². The van der Waals surface area contributed by atoms with Crippen LogP contribution in [0.5, 0.6) is 0 Å². The van der Waals surface area contributed by atoms with Gasteiger partial charge in [-0.3, -0.25) is 0 Å². The topological polar surface area (TPSA) is 0 Å². The average Bonchev–Trinajstić information content (AvgIpc) is 1.38. The molecule has 28 valence electrons. The van der Waals surface area contributed by atoms with E-state index in [4.69, 9.17) is 0 Å². The summed E-state index contributed by atoms with van der Waals surface area (Å²) in [6, 6.07) is 0. The van der Waals surface area contributed by atoms with Crippen molar-refractivity contribution in [1.29, 1.82) is 0 Å². The Kier molecular flexibility index (Phi) is 4.01. The molecule has 0 bridgehead atoms. The van der Waals surface area contributed by atoms with Gasteiger partial charge >= 0.3 is 47.3 Å². The molecular weight excluding hydrogens is 193 g/mol. The van der Waals surface area contributed by atoms with Crippen LogP contribution in [-0.4, -0.2) is 19.8 Å². The molecule has 3 heteroatoms. The van der Waals surface area contributed by atoms with Crippen LogP contribution in [0.2, 0.25) is 0 Å². The van der Waals surface area contributed by atoms with Crippen LogP contribution in [0, 0.1) is 0 Å². The molecule has 0 aromatic carbocycles. The van der Waals surface area contributed by atoms with E-state index in [1.165, 1.54) is 0 Å². The van der Waals surface area contributed by atoms with Gasteiger partial charge in [-0.15, -0.1) is 0 Å². The second-order valence-corrected chi connectivity index (χ2v) is 6.69. The molecule has 0 saturated carbocycles. The van der Waals surface area contributed by atoms with E-state index in [0.29, 0.717) is 0 Å². The van der Waals surface area contributed by atoms with Gasteiger partial charge in [0.1, 0.15) is 0 Å². The van der Waals surface area contributed by atoms with E-state index in [1.54, 1.807) is 0 Å². The molecule has 0 amide bonds. The first-order chi connectivity index (χ1) is 2.27. The third kappa shape index (κ3) is 5.09. The maximum atomic E-state index is 3.58. The van der Waals surface area contributed by atoms with Crippen molar-refractivity contribution in [2.75, 3.05) is 6.66 Å². The van der Waals surface area contributed by atoms with E-state index >= 15 is 0 Å². The molecule has 1 atom stereocenters. The van der Waals surface area contributed by atoms with Crippen LogP contribution < -0.4 is 0 Å². The van der Waals surface area contributed by atoms with Crippen LogP contribution >= 0.6 is 27.5 Å². The van der Waals surface area contributed by atoms with Crippen LogP contribution in [0.1, 0.15) is 0 Å². The van der Waals surface area contributed by atoms with Gasteiger partial charge < -0.3 is 0 Å². The molecule has 0 aliphatic rings. The van der Waals surface area contributed by atoms with Crippen molar-refractivity contribution < 1.29 is 0 Å². The van der Waals surface area contributed by atoms with Crippen LogP contribution in [0.15, 0.2) is 0 Å². The number of hydrogen-bond acceptors (Lipinski definition) is 0. The molecule has 0 aromatic rings. The molecular formula is C2H5BIP. The Hall–Kier alpha value is 1.09. The van der Waals surface area contributed by atoms with Crippen molar-refractivity contribution in [2.24, 2.45) is 0 Å². The van der Waals surface area contributed by atoms with Gasteiger partial charge in [0, 0.05) is 0 Å². The predicted octanol–water partition coefficient (Wildman–Crippen LogP) is 1.50. The molecule has 0 aliphatic carbocycles. The van der Waals surface area contributed by atoms with Crippen LogP contribution in [0.3, 0.4) is 0 Å². The van der Waals surface area contributed by atoms with E-state index in [1.807, 2.05) is 6.64 Å². The van der Waals surface area contributed by atoms with E-state index in [0.717, 1.165) is 0 Å². The zero-order valence-corrected chi connectivity index (χ0v) is 6.16. The Morgan fingerprint density at radius 2 is 2.20 bits per heavy atom. The van der Waals surface area contributed by atoms with Crippen molar-refractivity contribution in [3.8, 4) is 0 Å². The minimum absolute atomic E-state index is 0.136. The monoisotopic (exact) mass is 198 g/mol. The Morgan fingerprint density at radius 3 is 2.20 bits per heavy atom. The summed E-state index contributed by atoms with van der Waals surface area (Å²) in [6.07, 6.45) is 0. The second kappa shape index (κ2) is 3.29. The van der Waals surface area contributed by atoms with Crippen LogP contribution in [0.25, 0.3) is 0 Å². The molecule has 0 saturated heterocycles. The molecule has 0 nitrogen and oxygen atoms in total. The fourth-order valence-electron chi connectivity index (χ4n) is 0. The molecule has 0 aromatic heterocycles. The van der Waals surface area contributed by atoms with Gasteiger partial charge in [-0.25, -0.2) is 0 Å². The summed E-state index contributed by atoms with van der Waals surface area (Å²) < 4.78 is 0. The number of hydrogen-bond donors (Lipinski definition) is 0. The number of halogens is 1. The summed E-state index contributed by atoms with van der Waals surface area (Å²) in [4.78, 5) is 0. The number of rotatable bonds is 1. The first-order valence-corrected chi connectivity index (χ1v) is 5.93. The van der Waals surface area contributed by atoms with Crippen molar-refractivity contribution in [3.63, 3.8) is 0 Å². The molecule has 5 heavy (non-hydrogen) atoms. The van der Waals surface area contributed by atoms with Gasteiger partial charge in [0.2, 0.25) is 0 Å². The maximum absolute atomic E-state index is 3.58. The first kappa shape index (κ1) is 6.09. The third-order valence-corrected chi connectivity index (χ3v) is 1.94. The minimum atomic E-state index is 0.136. The average molecular weight is 198 g/mol.